The third-order valence-corrected chi connectivity index (χ3v) is 1.97. The maximum Gasteiger partial charge on any atom is 0.122 e. The van der Waals surface area contributed by atoms with Crippen molar-refractivity contribution in [1.82, 2.24) is 0 Å². The van der Waals surface area contributed by atoms with Crippen molar-refractivity contribution in [1.29, 1.82) is 0 Å². The summed E-state index contributed by atoms with van der Waals surface area (Å²) in [5.41, 5.74) is 13.5. The van der Waals surface area contributed by atoms with Gasteiger partial charge in [0.15, 0.2) is 0 Å². The average molecular weight is 216 g/mol. The Morgan fingerprint density at radius 1 is 1.50 bits per heavy atom. The van der Waals surface area contributed by atoms with Gasteiger partial charge in [0.1, 0.15) is 5.82 Å². The molecule has 0 saturated heterocycles. The van der Waals surface area contributed by atoms with Crippen LogP contribution in [-0.4, -0.2) is 6.21 Å². The molecule has 0 aromatic heterocycles. The highest BCUT2D eigenvalue weighted by atomic mass is 15.0. The molecule has 1 aromatic carbocycles. The maximum atomic E-state index is 5.69. The Morgan fingerprint density at radius 3 is 2.94 bits per heavy atom. The van der Waals surface area contributed by atoms with E-state index < -0.39 is 0 Å². The molecule has 0 atom stereocenters. The predicted octanol–water partition coefficient (Wildman–Crippen LogP) is 2.00. The Balaban J connectivity index is 2.73. The number of benzene rings is 1. The molecule has 0 fully saturated rings. The van der Waals surface area contributed by atoms with Gasteiger partial charge >= 0.3 is 0 Å². The monoisotopic (exact) mass is 216 g/mol. The van der Waals surface area contributed by atoms with Crippen LogP contribution in [-0.2, 0) is 0 Å². The molecule has 0 aliphatic heterocycles. The Bertz CT molecular complexity index is 433. The summed E-state index contributed by atoms with van der Waals surface area (Å²) in [5, 5.41) is 3.06. The maximum absolute atomic E-state index is 5.69. The molecule has 0 aliphatic carbocycles. The van der Waals surface area contributed by atoms with Crippen LogP contribution < -0.4 is 16.8 Å². The van der Waals surface area contributed by atoms with Crippen LogP contribution in [0.5, 0.6) is 0 Å². The van der Waals surface area contributed by atoms with Gasteiger partial charge in [-0.05, 0) is 36.9 Å². The predicted molar refractivity (Wildman–Crippen MR) is 70.2 cm³/mol. The van der Waals surface area contributed by atoms with Crippen LogP contribution in [0.4, 0.5) is 11.4 Å². The third kappa shape index (κ3) is 3.49. The summed E-state index contributed by atoms with van der Waals surface area (Å²) in [5.74, 6) is 0.534. The highest BCUT2D eigenvalue weighted by molar-refractivity contribution is 5.72. The van der Waals surface area contributed by atoms with E-state index in [1.807, 2.05) is 25.1 Å². The van der Waals surface area contributed by atoms with Crippen molar-refractivity contribution >= 4 is 17.6 Å². The topological polar surface area (TPSA) is 76.4 Å². The third-order valence-electron chi connectivity index (χ3n) is 1.97. The number of nitrogens with two attached hydrogens (primary N) is 2. The van der Waals surface area contributed by atoms with E-state index in [-0.39, 0.29) is 0 Å². The van der Waals surface area contributed by atoms with Crippen molar-refractivity contribution < 1.29 is 0 Å². The Morgan fingerprint density at radius 2 is 2.25 bits per heavy atom. The minimum absolute atomic E-state index is 0.534. The largest absolute Gasteiger partial charge is 0.405 e. The second kappa shape index (κ2) is 5.60. The molecule has 0 unspecified atom stereocenters. The number of aliphatic imine (C=N–C) groups is 1. The molecular formula is C12H16N4. The first-order valence-corrected chi connectivity index (χ1v) is 4.86. The van der Waals surface area contributed by atoms with E-state index >= 15 is 0 Å². The minimum Gasteiger partial charge on any atom is -0.405 e. The fraction of sp³-hybridized carbons (Fsp3) is 0.0833. The second-order valence-electron chi connectivity index (χ2n) is 3.31. The van der Waals surface area contributed by atoms with Crippen LogP contribution in [0, 0.1) is 6.92 Å². The van der Waals surface area contributed by atoms with Gasteiger partial charge in [-0.3, -0.25) is 0 Å². The zero-order valence-corrected chi connectivity index (χ0v) is 9.27. The van der Waals surface area contributed by atoms with Crippen LogP contribution >= 0.6 is 0 Å². The molecule has 0 saturated carbocycles. The van der Waals surface area contributed by atoms with Crippen molar-refractivity contribution in [2.75, 3.05) is 11.1 Å². The van der Waals surface area contributed by atoms with Gasteiger partial charge in [0.25, 0.3) is 0 Å². The van der Waals surface area contributed by atoms with E-state index in [0.29, 0.717) is 11.5 Å². The summed E-state index contributed by atoms with van der Waals surface area (Å²) >= 11 is 0. The van der Waals surface area contributed by atoms with Crippen molar-refractivity contribution in [2.24, 2.45) is 10.7 Å². The van der Waals surface area contributed by atoms with Crippen LogP contribution in [0.3, 0.4) is 0 Å². The molecule has 0 radical (unpaired) electrons. The fourth-order valence-electron chi connectivity index (χ4n) is 1.14. The lowest BCUT2D eigenvalue weighted by atomic mass is 10.2. The molecule has 16 heavy (non-hydrogen) atoms. The number of hydrogen-bond donors (Lipinski definition) is 3. The van der Waals surface area contributed by atoms with Gasteiger partial charge in [0.2, 0.25) is 0 Å². The van der Waals surface area contributed by atoms with E-state index in [4.69, 9.17) is 11.5 Å². The van der Waals surface area contributed by atoms with Gasteiger partial charge in [-0.2, -0.15) is 0 Å². The van der Waals surface area contributed by atoms with Crippen molar-refractivity contribution in [3.63, 3.8) is 0 Å². The smallest absolute Gasteiger partial charge is 0.122 e. The zero-order valence-electron chi connectivity index (χ0n) is 9.27. The summed E-state index contributed by atoms with van der Waals surface area (Å²) in [4.78, 5) is 4.04. The molecule has 0 aliphatic rings. The number of hydrogen-bond acceptors (Lipinski definition) is 4. The first kappa shape index (κ1) is 11.8. The lowest BCUT2D eigenvalue weighted by Crippen LogP contribution is -1.99. The number of rotatable bonds is 4. The Hall–Kier alpha value is -2.23. The fourth-order valence-corrected chi connectivity index (χ4v) is 1.14. The molecule has 0 spiro atoms. The summed E-state index contributed by atoms with van der Waals surface area (Å²) in [7, 11) is 0. The van der Waals surface area contributed by atoms with Crippen molar-refractivity contribution in [3.8, 4) is 0 Å². The van der Waals surface area contributed by atoms with E-state index in [1.165, 1.54) is 6.20 Å². The SMILES string of the molecule is C=C(/N=C\C=C/N)Nc1cc(N)ccc1C. The molecule has 0 amide bonds. The average Bonchev–Trinajstić information content (AvgIpc) is 2.24. The van der Waals surface area contributed by atoms with Crippen LogP contribution in [0.15, 0.2) is 47.9 Å². The molecule has 84 valence electrons. The zero-order chi connectivity index (χ0) is 12.0. The molecular weight excluding hydrogens is 200 g/mol. The molecule has 0 heterocycles. The van der Waals surface area contributed by atoms with Crippen LogP contribution in [0.2, 0.25) is 0 Å². The van der Waals surface area contributed by atoms with Gasteiger partial charge in [-0.1, -0.05) is 12.6 Å². The number of aryl methyl sites for hydroxylation is 1. The molecule has 4 heteroatoms. The molecule has 5 N–H and O–H groups in total. The van der Waals surface area contributed by atoms with Gasteiger partial charge in [-0.15, -0.1) is 0 Å². The summed E-state index contributed by atoms with van der Waals surface area (Å²) in [6.45, 7) is 5.75. The lowest BCUT2D eigenvalue weighted by molar-refractivity contribution is 1.31. The summed E-state index contributed by atoms with van der Waals surface area (Å²) in [6.07, 6.45) is 4.60. The highest BCUT2D eigenvalue weighted by Gasteiger charge is 1.98. The Labute approximate surface area is 95.4 Å². The Kier molecular flexibility index (Phi) is 4.15. The number of nitrogen functional groups attached to an aromatic ring is 1. The first-order valence-electron chi connectivity index (χ1n) is 4.86. The summed E-state index contributed by atoms with van der Waals surface area (Å²) in [6, 6.07) is 5.63. The number of anilines is 2. The standard InChI is InChI=1S/C12H16N4/c1-9-4-5-11(14)8-12(9)16-10(2)15-7-3-6-13/h3-8,16H,2,13-14H2,1H3/b6-3-,15-7-. The number of allylic oxidation sites excluding steroid dienone is 1. The number of nitrogens with zero attached hydrogens (tertiary/aromatic N) is 1. The number of nitrogens with one attached hydrogen (secondary N) is 1. The van der Waals surface area contributed by atoms with E-state index in [1.54, 1.807) is 12.3 Å². The van der Waals surface area contributed by atoms with Crippen LogP contribution in [0.1, 0.15) is 5.56 Å². The van der Waals surface area contributed by atoms with Crippen LogP contribution in [0.25, 0.3) is 0 Å². The second-order valence-corrected chi connectivity index (χ2v) is 3.31. The molecule has 1 rings (SSSR count). The normalized spacial score (nSPS) is 11.1. The lowest BCUT2D eigenvalue weighted by Gasteiger charge is -2.09. The summed E-state index contributed by atoms with van der Waals surface area (Å²) < 4.78 is 0. The molecule has 1 aromatic rings. The van der Waals surface area contributed by atoms with E-state index in [2.05, 4.69) is 16.9 Å². The van der Waals surface area contributed by atoms with Gasteiger partial charge in [-0.25, -0.2) is 4.99 Å². The van der Waals surface area contributed by atoms with Gasteiger partial charge in [0.05, 0.1) is 0 Å². The quantitative estimate of drug-likeness (QED) is 0.532. The highest BCUT2D eigenvalue weighted by Crippen LogP contribution is 2.19. The van der Waals surface area contributed by atoms with Gasteiger partial charge < -0.3 is 16.8 Å². The van der Waals surface area contributed by atoms with Gasteiger partial charge in [0, 0.05) is 17.6 Å². The minimum atomic E-state index is 0.534. The van der Waals surface area contributed by atoms with E-state index in [0.717, 1.165) is 11.3 Å². The first-order chi connectivity index (χ1) is 7.63. The van der Waals surface area contributed by atoms with Crippen molar-refractivity contribution in [3.05, 3.63) is 48.4 Å². The van der Waals surface area contributed by atoms with E-state index in [9.17, 15) is 0 Å². The van der Waals surface area contributed by atoms with Crippen molar-refractivity contribution in [2.45, 2.75) is 6.92 Å². The molecule has 4 nitrogen and oxygen atoms in total. The molecule has 0 bridgehead atoms.